The Hall–Kier alpha value is -3.02. The second kappa shape index (κ2) is 6.83. The average molecular weight is 316 g/mol. The summed E-state index contributed by atoms with van der Waals surface area (Å²) in [7, 11) is 0. The molecule has 0 fully saturated rings. The van der Waals surface area contributed by atoms with E-state index in [0.29, 0.717) is 5.56 Å². The van der Waals surface area contributed by atoms with Gasteiger partial charge >= 0.3 is 5.97 Å². The number of phenols is 3. The van der Waals surface area contributed by atoms with E-state index in [1.165, 1.54) is 31.2 Å². The predicted molar refractivity (Wildman–Crippen MR) is 81.8 cm³/mol. The molecule has 6 nitrogen and oxygen atoms in total. The minimum atomic E-state index is -0.528. The van der Waals surface area contributed by atoms with E-state index >= 15 is 0 Å². The van der Waals surface area contributed by atoms with Crippen molar-refractivity contribution in [3.8, 4) is 23.0 Å². The van der Waals surface area contributed by atoms with Crippen LogP contribution in [0.25, 0.3) is 0 Å². The van der Waals surface area contributed by atoms with Crippen LogP contribution in [0, 0.1) is 0 Å². The summed E-state index contributed by atoms with van der Waals surface area (Å²) in [5, 5.41) is 28.4. The minimum absolute atomic E-state index is 0.0486. The molecule has 23 heavy (non-hydrogen) atoms. The summed E-state index contributed by atoms with van der Waals surface area (Å²) in [6.45, 7) is 1.24. The second-order valence-electron chi connectivity index (χ2n) is 5.01. The fourth-order valence-corrected chi connectivity index (χ4v) is 2.14. The van der Waals surface area contributed by atoms with Crippen LogP contribution in [0.15, 0.2) is 36.4 Å². The molecule has 3 N–H and O–H groups in total. The maximum absolute atomic E-state index is 12.2. The van der Waals surface area contributed by atoms with Crippen molar-refractivity contribution in [2.75, 3.05) is 0 Å². The van der Waals surface area contributed by atoms with Crippen molar-refractivity contribution in [2.45, 2.75) is 19.8 Å². The van der Waals surface area contributed by atoms with Crippen molar-refractivity contribution in [3.63, 3.8) is 0 Å². The molecular formula is C17H16O6. The quantitative estimate of drug-likeness (QED) is 0.445. The van der Waals surface area contributed by atoms with Crippen molar-refractivity contribution in [1.29, 1.82) is 0 Å². The molecule has 0 spiro atoms. The van der Waals surface area contributed by atoms with Gasteiger partial charge in [-0.1, -0.05) is 6.07 Å². The van der Waals surface area contributed by atoms with E-state index in [2.05, 4.69) is 0 Å². The molecule has 0 atom stereocenters. The van der Waals surface area contributed by atoms with Crippen molar-refractivity contribution in [3.05, 3.63) is 47.5 Å². The lowest BCUT2D eigenvalue weighted by Crippen LogP contribution is -2.06. The molecule has 0 aromatic heterocycles. The number of phenolic OH excluding ortho intramolecular Hbond substituents is 3. The number of esters is 1. The lowest BCUT2D eigenvalue weighted by Gasteiger charge is -2.09. The van der Waals surface area contributed by atoms with Crippen LogP contribution in [0.3, 0.4) is 0 Å². The van der Waals surface area contributed by atoms with Crippen molar-refractivity contribution < 1.29 is 29.6 Å². The predicted octanol–water partition coefficient (Wildman–Crippen LogP) is 2.54. The number of Topliss-reactive ketones (excluding diaryl/α,β-unsaturated/α-hetero) is 1. The molecule has 120 valence electrons. The number of carbonyl (C=O) groups excluding carboxylic acids is 2. The summed E-state index contributed by atoms with van der Waals surface area (Å²) in [5.74, 6) is -1.12. The van der Waals surface area contributed by atoms with Crippen LogP contribution in [0.2, 0.25) is 0 Å². The Balaban J connectivity index is 2.14. The van der Waals surface area contributed by atoms with Crippen LogP contribution in [-0.4, -0.2) is 27.1 Å². The maximum Gasteiger partial charge on any atom is 0.308 e. The average Bonchev–Trinajstić information content (AvgIpc) is 2.45. The highest BCUT2D eigenvalue weighted by Crippen LogP contribution is 2.28. The molecule has 0 heterocycles. The van der Waals surface area contributed by atoms with E-state index in [4.69, 9.17) is 4.74 Å². The Labute approximate surface area is 132 Å². The highest BCUT2D eigenvalue weighted by atomic mass is 16.5. The van der Waals surface area contributed by atoms with Gasteiger partial charge in [-0.15, -0.1) is 0 Å². The van der Waals surface area contributed by atoms with E-state index in [1.54, 1.807) is 6.07 Å². The third-order valence-corrected chi connectivity index (χ3v) is 3.21. The number of rotatable bonds is 5. The van der Waals surface area contributed by atoms with Gasteiger partial charge in [0.1, 0.15) is 23.0 Å². The Morgan fingerprint density at radius 2 is 1.65 bits per heavy atom. The number of hydrogen-bond acceptors (Lipinski definition) is 6. The van der Waals surface area contributed by atoms with E-state index in [9.17, 15) is 24.9 Å². The Morgan fingerprint density at radius 3 is 2.30 bits per heavy atom. The van der Waals surface area contributed by atoms with E-state index in [0.717, 1.165) is 6.07 Å². The highest BCUT2D eigenvalue weighted by Gasteiger charge is 2.14. The van der Waals surface area contributed by atoms with E-state index in [-0.39, 0.29) is 47.2 Å². The van der Waals surface area contributed by atoms with Gasteiger partial charge in [-0.05, 0) is 30.2 Å². The SMILES string of the molecule is CC(=O)Oc1cc(O)ccc1CCC(=O)c1ccc(O)cc1O. The Kier molecular flexibility index (Phi) is 4.85. The van der Waals surface area contributed by atoms with Crippen LogP contribution in [-0.2, 0) is 11.2 Å². The topological polar surface area (TPSA) is 104 Å². The molecule has 2 aromatic carbocycles. The van der Waals surface area contributed by atoms with Crippen molar-refractivity contribution >= 4 is 11.8 Å². The van der Waals surface area contributed by atoms with Gasteiger partial charge in [-0.3, -0.25) is 9.59 Å². The first kappa shape index (κ1) is 16.4. The first-order chi connectivity index (χ1) is 10.9. The normalized spacial score (nSPS) is 10.3. The molecule has 0 aliphatic carbocycles. The van der Waals surface area contributed by atoms with Gasteiger partial charge in [0.2, 0.25) is 0 Å². The van der Waals surface area contributed by atoms with Crippen LogP contribution in [0.4, 0.5) is 0 Å². The third-order valence-electron chi connectivity index (χ3n) is 3.21. The second-order valence-corrected chi connectivity index (χ2v) is 5.01. The van der Waals surface area contributed by atoms with Gasteiger partial charge in [0, 0.05) is 25.5 Å². The van der Waals surface area contributed by atoms with E-state index < -0.39 is 5.97 Å². The number of benzene rings is 2. The van der Waals surface area contributed by atoms with Crippen molar-refractivity contribution in [1.82, 2.24) is 0 Å². The lowest BCUT2D eigenvalue weighted by atomic mass is 10.0. The summed E-state index contributed by atoms with van der Waals surface area (Å²) < 4.78 is 5.01. The molecule has 0 unspecified atom stereocenters. The molecule has 0 amide bonds. The number of ketones is 1. The zero-order chi connectivity index (χ0) is 17.0. The fraction of sp³-hybridized carbons (Fsp3) is 0.176. The van der Waals surface area contributed by atoms with Gasteiger partial charge in [0.05, 0.1) is 5.56 Å². The van der Waals surface area contributed by atoms with Gasteiger partial charge in [0.25, 0.3) is 0 Å². The third kappa shape index (κ3) is 4.23. The number of hydrogen-bond donors (Lipinski definition) is 3. The van der Waals surface area contributed by atoms with Crippen LogP contribution >= 0.6 is 0 Å². The summed E-state index contributed by atoms with van der Waals surface area (Å²) in [6.07, 6.45) is 0.333. The van der Waals surface area contributed by atoms with Gasteiger partial charge in [0.15, 0.2) is 5.78 Å². The minimum Gasteiger partial charge on any atom is -0.508 e. The molecule has 0 saturated heterocycles. The van der Waals surface area contributed by atoms with Crippen LogP contribution in [0.1, 0.15) is 29.3 Å². The molecule has 0 saturated carbocycles. The standard InChI is InChI=1S/C17H16O6/c1-10(18)23-17-9-13(20)4-2-11(17)3-7-15(21)14-6-5-12(19)8-16(14)22/h2,4-6,8-9,19-20,22H,3,7H2,1H3. The number of aromatic hydroxyl groups is 3. The number of aryl methyl sites for hydroxylation is 1. The van der Waals surface area contributed by atoms with Crippen LogP contribution in [0.5, 0.6) is 23.0 Å². The summed E-state index contributed by atoms with van der Waals surface area (Å²) in [4.78, 5) is 23.2. The highest BCUT2D eigenvalue weighted by molar-refractivity contribution is 5.98. The van der Waals surface area contributed by atoms with Gasteiger partial charge < -0.3 is 20.1 Å². The van der Waals surface area contributed by atoms with Crippen LogP contribution < -0.4 is 4.74 Å². The molecule has 2 rings (SSSR count). The lowest BCUT2D eigenvalue weighted by molar-refractivity contribution is -0.131. The molecule has 0 aliphatic heterocycles. The zero-order valence-electron chi connectivity index (χ0n) is 12.4. The summed E-state index contributed by atoms with van der Waals surface area (Å²) >= 11 is 0. The molecular weight excluding hydrogens is 300 g/mol. The Morgan fingerprint density at radius 1 is 1.00 bits per heavy atom. The summed E-state index contributed by atoms with van der Waals surface area (Å²) in [6, 6.07) is 8.06. The largest absolute Gasteiger partial charge is 0.508 e. The van der Waals surface area contributed by atoms with E-state index in [1.807, 2.05) is 0 Å². The van der Waals surface area contributed by atoms with Gasteiger partial charge in [-0.25, -0.2) is 0 Å². The fourth-order valence-electron chi connectivity index (χ4n) is 2.14. The molecule has 0 aliphatic rings. The molecule has 0 bridgehead atoms. The Bertz CT molecular complexity index is 751. The van der Waals surface area contributed by atoms with Gasteiger partial charge in [-0.2, -0.15) is 0 Å². The number of ether oxygens (including phenoxy) is 1. The summed E-state index contributed by atoms with van der Waals surface area (Å²) in [5.41, 5.74) is 0.695. The molecule has 0 radical (unpaired) electrons. The molecule has 6 heteroatoms. The van der Waals surface area contributed by atoms with Crippen molar-refractivity contribution in [2.24, 2.45) is 0 Å². The monoisotopic (exact) mass is 316 g/mol. The molecule has 2 aromatic rings. The maximum atomic E-state index is 12.2. The smallest absolute Gasteiger partial charge is 0.308 e. The first-order valence-corrected chi connectivity index (χ1v) is 6.92. The zero-order valence-corrected chi connectivity index (χ0v) is 12.4. The number of carbonyl (C=O) groups is 2. The first-order valence-electron chi connectivity index (χ1n) is 6.92.